The van der Waals surface area contributed by atoms with Gasteiger partial charge in [-0.15, -0.1) is 0 Å². The number of likely N-dealkylation sites (tertiary alicyclic amines) is 1. The fourth-order valence-corrected chi connectivity index (χ4v) is 3.91. The average Bonchev–Trinajstić information content (AvgIpc) is 3.42. The lowest BCUT2D eigenvalue weighted by Gasteiger charge is -2.40. The first-order valence-electron chi connectivity index (χ1n) is 9.67. The molecule has 4 rings (SSSR count). The molecule has 2 aromatic heterocycles. The molecule has 0 bridgehead atoms. The number of hydrogen-bond donors (Lipinski definition) is 0. The Kier molecular flexibility index (Phi) is 4.95. The first-order valence-corrected chi connectivity index (χ1v) is 9.67. The number of piperidine rings is 1. The zero-order chi connectivity index (χ0) is 18.9. The fourth-order valence-electron chi connectivity index (χ4n) is 3.91. The van der Waals surface area contributed by atoms with Gasteiger partial charge < -0.3 is 14.2 Å². The van der Waals surface area contributed by atoms with Gasteiger partial charge >= 0.3 is 0 Å². The van der Waals surface area contributed by atoms with Crippen LogP contribution >= 0.6 is 0 Å². The number of hydrogen-bond acceptors (Lipinski definition) is 6. The van der Waals surface area contributed by atoms with Crippen LogP contribution < -0.4 is 0 Å². The highest BCUT2D eigenvalue weighted by Crippen LogP contribution is 2.41. The lowest BCUT2D eigenvalue weighted by Crippen LogP contribution is -2.50. The smallest absolute Gasteiger partial charge is 0.272 e. The Hall–Kier alpha value is -2.28. The minimum Gasteiger partial charge on any atom is -0.385 e. The van der Waals surface area contributed by atoms with E-state index >= 15 is 0 Å². The van der Waals surface area contributed by atoms with E-state index in [1.165, 1.54) is 0 Å². The summed E-state index contributed by atoms with van der Waals surface area (Å²) < 4.78 is 10.9. The number of ether oxygens (including phenoxy) is 1. The summed E-state index contributed by atoms with van der Waals surface area (Å²) in [5, 5.41) is 4.32. The maximum Gasteiger partial charge on any atom is 0.272 e. The Bertz CT molecular complexity index is 817. The second kappa shape index (κ2) is 7.38. The Morgan fingerprint density at radius 1 is 1.44 bits per heavy atom. The van der Waals surface area contributed by atoms with Gasteiger partial charge in [-0.3, -0.25) is 9.78 Å². The van der Waals surface area contributed by atoms with Crippen LogP contribution in [0, 0.1) is 6.92 Å². The molecule has 2 fully saturated rings. The third kappa shape index (κ3) is 3.60. The van der Waals surface area contributed by atoms with Gasteiger partial charge in [0.15, 0.2) is 5.82 Å². The number of nitrogens with zero attached hydrogens (tertiary/aromatic N) is 4. The van der Waals surface area contributed by atoms with Crippen LogP contribution in [0.1, 0.15) is 65.8 Å². The molecule has 1 amide bonds. The Labute approximate surface area is 159 Å². The van der Waals surface area contributed by atoms with E-state index in [0.717, 1.165) is 55.9 Å². The van der Waals surface area contributed by atoms with E-state index < -0.39 is 0 Å². The zero-order valence-corrected chi connectivity index (χ0v) is 16.0. The van der Waals surface area contributed by atoms with Gasteiger partial charge in [0.2, 0.25) is 5.89 Å². The summed E-state index contributed by atoms with van der Waals surface area (Å²) in [5.41, 5.74) is 1.08. The van der Waals surface area contributed by atoms with Gasteiger partial charge in [-0.05, 0) is 50.7 Å². The summed E-state index contributed by atoms with van der Waals surface area (Å²) in [6.45, 7) is 3.80. The van der Waals surface area contributed by atoms with Gasteiger partial charge in [0.1, 0.15) is 5.69 Å². The molecule has 3 heterocycles. The second-order valence-corrected chi connectivity index (χ2v) is 7.75. The van der Waals surface area contributed by atoms with Gasteiger partial charge in [-0.1, -0.05) is 11.2 Å². The van der Waals surface area contributed by atoms with Gasteiger partial charge in [0.05, 0.1) is 5.41 Å². The van der Waals surface area contributed by atoms with Crippen LogP contribution in [-0.4, -0.2) is 52.7 Å². The van der Waals surface area contributed by atoms with Crippen LogP contribution in [0.15, 0.2) is 22.9 Å². The standard InChI is InChI=1S/C20H26N4O3/c1-14-5-3-10-21-16(14)18(25)24-11-4-8-20(13-24,9-12-26-2)19-22-17(27-23-19)15-6-7-15/h3,5,10,15H,4,6-9,11-13H2,1-2H3. The molecule has 1 unspecified atom stereocenters. The van der Waals surface area contributed by atoms with Crippen molar-refractivity contribution in [1.82, 2.24) is 20.0 Å². The summed E-state index contributed by atoms with van der Waals surface area (Å²) in [4.78, 5) is 24.0. The quantitative estimate of drug-likeness (QED) is 0.778. The van der Waals surface area contributed by atoms with Gasteiger partial charge in [-0.25, -0.2) is 0 Å². The number of rotatable bonds is 6. The van der Waals surface area contributed by atoms with Crippen LogP contribution in [0.3, 0.4) is 0 Å². The van der Waals surface area contributed by atoms with Crippen molar-refractivity contribution in [2.24, 2.45) is 0 Å². The maximum absolute atomic E-state index is 13.1. The number of carbonyl (C=O) groups is 1. The van der Waals surface area contributed by atoms with E-state index in [0.29, 0.717) is 24.8 Å². The van der Waals surface area contributed by atoms with Crippen LogP contribution in [0.25, 0.3) is 0 Å². The van der Waals surface area contributed by atoms with Crippen molar-refractivity contribution < 1.29 is 14.1 Å². The molecule has 2 aliphatic rings. The van der Waals surface area contributed by atoms with Crippen molar-refractivity contribution in [2.75, 3.05) is 26.8 Å². The predicted molar refractivity (Wildman–Crippen MR) is 98.6 cm³/mol. The van der Waals surface area contributed by atoms with Gasteiger partial charge in [0, 0.05) is 38.9 Å². The highest BCUT2D eigenvalue weighted by molar-refractivity contribution is 5.93. The summed E-state index contributed by atoms with van der Waals surface area (Å²) >= 11 is 0. The Morgan fingerprint density at radius 2 is 2.30 bits per heavy atom. The molecule has 2 aromatic rings. The van der Waals surface area contributed by atoms with E-state index in [9.17, 15) is 4.79 Å². The van der Waals surface area contributed by atoms with Crippen molar-refractivity contribution in [2.45, 2.75) is 50.4 Å². The Balaban J connectivity index is 1.61. The Morgan fingerprint density at radius 3 is 3.04 bits per heavy atom. The molecular formula is C20H26N4O3. The summed E-state index contributed by atoms with van der Waals surface area (Å²) in [5.74, 6) is 1.85. The molecule has 1 atom stereocenters. The molecule has 1 saturated carbocycles. The average molecular weight is 370 g/mol. The number of carbonyl (C=O) groups excluding carboxylic acids is 1. The molecule has 7 heteroatoms. The van der Waals surface area contributed by atoms with E-state index in [-0.39, 0.29) is 11.3 Å². The highest BCUT2D eigenvalue weighted by atomic mass is 16.5. The molecule has 0 spiro atoms. The number of pyridine rings is 1. The third-order valence-electron chi connectivity index (χ3n) is 5.70. The number of aryl methyl sites for hydroxylation is 1. The molecular weight excluding hydrogens is 344 g/mol. The van der Waals surface area contributed by atoms with Crippen LogP contribution in [-0.2, 0) is 10.2 Å². The lowest BCUT2D eigenvalue weighted by molar-refractivity contribution is 0.0561. The molecule has 1 saturated heterocycles. The van der Waals surface area contributed by atoms with Crippen LogP contribution in [0.2, 0.25) is 0 Å². The van der Waals surface area contributed by atoms with Crippen molar-refractivity contribution in [3.05, 3.63) is 41.3 Å². The normalized spacial score (nSPS) is 22.8. The van der Waals surface area contributed by atoms with Crippen molar-refractivity contribution in [1.29, 1.82) is 0 Å². The number of amides is 1. The van der Waals surface area contributed by atoms with Crippen molar-refractivity contribution >= 4 is 5.91 Å². The van der Waals surface area contributed by atoms with Crippen molar-refractivity contribution in [3.8, 4) is 0 Å². The summed E-state index contributed by atoms with van der Waals surface area (Å²) in [7, 11) is 1.70. The van der Waals surface area contributed by atoms with Crippen LogP contribution in [0.4, 0.5) is 0 Å². The SMILES string of the molecule is COCCC1(c2noc(C3CC3)n2)CCCN(C(=O)c2ncccc2C)C1. The molecule has 27 heavy (non-hydrogen) atoms. The summed E-state index contributed by atoms with van der Waals surface area (Å²) in [6.07, 6.45) is 6.49. The highest BCUT2D eigenvalue weighted by Gasteiger charge is 2.43. The first-order chi connectivity index (χ1) is 13.1. The number of methoxy groups -OCH3 is 1. The van der Waals surface area contributed by atoms with E-state index in [1.54, 1.807) is 13.3 Å². The molecule has 144 valence electrons. The molecule has 0 N–H and O–H groups in total. The maximum atomic E-state index is 13.1. The minimum atomic E-state index is -0.330. The van der Waals surface area contributed by atoms with Gasteiger partial charge in [-0.2, -0.15) is 4.98 Å². The fraction of sp³-hybridized carbons (Fsp3) is 0.600. The van der Waals surface area contributed by atoms with E-state index in [2.05, 4.69) is 10.1 Å². The third-order valence-corrected chi connectivity index (χ3v) is 5.70. The molecule has 0 aromatic carbocycles. The summed E-state index contributed by atoms with van der Waals surface area (Å²) in [6, 6.07) is 3.77. The molecule has 0 radical (unpaired) electrons. The monoisotopic (exact) mass is 370 g/mol. The first kappa shape index (κ1) is 18.1. The topological polar surface area (TPSA) is 81.4 Å². The largest absolute Gasteiger partial charge is 0.385 e. The zero-order valence-electron chi connectivity index (χ0n) is 16.0. The predicted octanol–water partition coefficient (Wildman–Crippen LogP) is 2.86. The molecule has 7 nitrogen and oxygen atoms in total. The van der Waals surface area contributed by atoms with Crippen molar-refractivity contribution in [3.63, 3.8) is 0 Å². The molecule has 1 aliphatic heterocycles. The molecule has 1 aliphatic carbocycles. The van der Waals surface area contributed by atoms with E-state index in [1.807, 2.05) is 24.0 Å². The van der Waals surface area contributed by atoms with E-state index in [4.69, 9.17) is 14.2 Å². The second-order valence-electron chi connectivity index (χ2n) is 7.75. The minimum absolute atomic E-state index is 0.0273. The van der Waals surface area contributed by atoms with Gasteiger partial charge in [0.25, 0.3) is 5.91 Å². The lowest BCUT2D eigenvalue weighted by atomic mass is 9.76. The van der Waals surface area contributed by atoms with Crippen LogP contribution in [0.5, 0.6) is 0 Å². The number of aromatic nitrogens is 3.